The van der Waals surface area contributed by atoms with Crippen molar-refractivity contribution in [3.05, 3.63) is 29.3 Å². The van der Waals surface area contributed by atoms with E-state index in [2.05, 4.69) is 4.74 Å². The summed E-state index contributed by atoms with van der Waals surface area (Å²) in [7, 11) is 0. The number of nitriles is 2. The first-order valence-corrected chi connectivity index (χ1v) is 3.66. The number of ether oxygens (including phenoxy) is 1. The number of hydrogen-bond donors (Lipinski definition) is 0. The molecule has 6 heteroatoms. The molecule has 0 saturated heterocycles. The van der Waals surface area contributed by atoms with Crippen LogP contribution >= 0.6 is 0 Å². The van der Waals surface area contributed by atoms with E-state index >= 15 is 0 Å². The second-order valence-electron chi connectivity index (χ2n) is 2.48. The zero-order chi connectivity index (χ0) is 11.5. The van der Waals surface area contributed by atoms with Crippen LogP contribution < -0.4 is 4.74 Å². The van der Waals surface area contributed by atoms with Gasteiger partial charge in [-0.05, 0) is 18.2 Å². The third-order valence-electron chi connectivity index (χ3n) is 1.45. The Morgan fingerprint density at radius 1 is 1.13 bits per heavy atom. The van der Waals surface area contributed by atoms with E-state index in [0.717, 1.165) is 18.2 Å². The lowest BCUT2D eigenvalue weighted by Crippen LogP contribution is -2.17. The Balaban J connectivity index is 3.11. The molecule has 0 aromatic heterocycles. The molecule has 0 aliphatic heterocycles. The molecule has 1 rings (SSSR count). The van der Waals surface area contributed by atoms with Gasteiger partial charge in [0.25, 0.3) is 0 Å². The van der Waals surface area contributed by atoms with Crippen molar-refractivity contribution >= 4 is 0 Å². The van der Waals surface area contributed by atoms with E-state index in [1.807, 2.05) is 0 Å². The smallest absolute Gasteiger partial charge is 0.404 e. The Labute approximate surface area is 82.9 Å². The summed E-state index contributed by atoms with van der Waals surface area (Å²) in [6.45, 7) is 0. The van der Waals surface area contributed by atoms with Crippen LogP contribution in [0.3, 0.4) is 0 Å². The maximum atomic E-state index is 11.8. The number of halogens is 3. The van der Waals surface area contributed by atoms with Crippen LogP contribution in [0.15, 0.2) is 18.2 Å². The lowest BCUT2D eigenvalue weighted by Gasteiger charge is -2.09. The monoisotopic (exact) mass is 212 g/mol. The highest BCUT2D eigenvalue weighted by atomic mass is 19.4. The molecule has 76 valence electrons. The maximum Gasteiger partial charge on any atom is 0.573 e. The lowest BCUT2D eigenvalue weighted by molar-refractivity contribution is -0.274. The molecular formula is C9H3F3N2O. The SMILES string of the molecule is N#Cc1ccc(OC(F)(F)F)c(C#N)c1. The minimum Gasteiger partial charge on any atom is -0.404 e. The predicted molar refractivity (Wildman–Crippen MR) is 42.6 cm³/mol. The Hall–Kier alpha value is -2.21. The Kier molecular flexibility index (Phi) is 2.82. The summed E-state index contributed by atoms with van der Waals surface area (Å²) in [4.78, 5) is 0. The van der Waals surface area contributed by atoms with Gasteiger partial charge in [-0.3, -0.25) is 0 Å². The van der Waals surface area contributed by atoms with E-state index in [-0.39, 0.29) is 11.1 Å². The van der Waals surface area contributed by atoms with Crippen molar-refractivity contribution in [2.45, 2.75) is 6.36 Å². The summed E-state index contributed by atoms with van der Waals surface area (Å²) < 4.78 is 39.1. The zero-order valence-electron chi connectivity index (χ0n) is 7.17. The quantitative estimate of drug-likeness (QED) is 0.717. The van der Waals surface area contributed by atoms with Crippen molar-refractivity contribution in [2.24, 2.45) is 0 Å². The standard InChI is InChI=1S/C9H3F3N2O/c10-9(11,12)15-8-2-1-6(4-13)3-7(8)5-14/h1-3H. The molecule has 0 spiro atoms. The second-order valence-corrected chi connectivity index (χ2v) is 2.48. The third-order valence-corrected chi connectivity index (χ3v) is 1.45. The van der Waals surface area contributed by atoms with Crippen molar-refractivity contribution in [3.63, 3.8) is 0 Å². The largest absolute Gasteiger partial charge is 0.573 e. The fourth-order valence-electron chi connectivity index (χ4n) is 0.901. The van der Waals surface area contributed by atoms with Gasteiger partial charge in [0.1, 0.15) is 11.8 Å². The normalized spacial score (nSPS) is 10.2. The summed E-state index contributed by atoms with van der Waals surface area (Å²) in [5, 5.41) is 17.0. The summed E-state index contributed by atoms with van der Waals surface area (Å²) in [5.41, 5.74) is -0.229. The molecule has 1 aromatic rings. The fraction of sp³-hybridized carbons (Fsp3) is 0.111. The van der Waals surface area contributed by atoms with E-state index in [9.17, 15) is 13.2 Å². The first-order chi connectivity index (χ1) is 6.96. The van der Waals surface area contributed by atoms with E-state index in [1.54, 1.807) is 6.07 Å². The summed E-state index contributed by atoms with van der Waals surface area (Å²) in [6, 6.07) is 6.33. The molecule has 0 N–H and O–H groups in total. The van der Waals surface area contributed by atoms with Crippen LogP contribution in [-0.2, 0) is 0 Å². The summed E-state index contributed by atoms with van der Waals surface area (Å²) in [5.74, 6) is -0.607. The maximum absolute atomic E-state index is 11.8. The Morgan fingerprint density at radius 2 is 1.80 bits per heavy atom. The van der Waals surface area contributed by atoms with Crippen LogP contribution in [-0.4, -0.2) is 6.36 Å². The molecule has 1 aromatic carbocycles. The van der Waals surface area contributed by atoms with Crippen LogP contribution in [0.1, 0.15) is 11.1 Å². The summed E-state index contributed by atoms with van der Waals surface area (Å²) in [6.07, 6.45) is -4.85. The van der Waals surface area contributed by atoms with E-state index < -0.39 is 12.1 Å². The van der Waals surface area contributed by atoms with Crippen molar-refractivity contribution < 1.29 is 17.9 Å². The molecule has 0 atom stereocenters. The van der Waals surface area contributed by atoms with Gasteiger partial charge >= 0.3 is 6.36 Å². The molecule has 0 fully saturated rings. The van der Waals surface area contributed by atoms with E-state index in [4.69, 9.17) is 10.5 Å². The molecule has 0 bridgehead atoms. The minimum absolute atomic E-state index is 0.0982. The molecule has 3 nitrogen and oxygen atoms in total. The van der Waals surface area contributed by atoms with Crippen LogP contribution in [0.5, 0.6) is 5.75 Å². The highest BCUT2D eigenvalue weighted by Gasteiger charge is 2.32. The van der Waals surface area contributed by atoms with Crippen LogP contribution in [0.4, 0.5) is 13.2 Å². The van der Waals surface area contributed by atoms with Crippen LogP contribution in [0.2, 0.25) is 0 Å². The highest BCUT2D eigenvalue weighted by molar-refractivity contribution is 5.48. The minimum atomic E-state index is -4.85. The van der Waals surface area contributed by atoms with Crippen LogP contribution in [0, 0.1) is 22.7 Å². The number of benzene rings is 1. The van der Waals surface area contributed by atoms with Gasteiger partial charge in [-0.25, -0.2) is 0 Å². The molecule has 0 unspecified atom stereocenters. The van der Waals surface area contributed by atoms with Crippen LogP contribution in [0.25, 0.3) is 0 Å². The van der Waals surface area contributed by atoms with E-state index in [1.165, 1.54) is 6.07 Å². The topological polar surface area (TPSA) is 56.8 Å². The van der Waals surface area contributed by atoms with Gasteiger partial charge in [0, 0.05) is 0 Å². The summed E-state index contributed by atoms with van der Waals surface area (Å²) >= 11 is 0. The second kappa shape index (κ2) is 3.89. The van der Waals surface area contributed by atoms with E-state index in [0.29, 0.717) is 0 Å². The lowest BCUT2D eigenvalue weighted by atomic mass is 10.1. The first kappa shape index (κ1) is 10.9. The van der Waals surface area contributed by atoms with Crippen molar-refractivity contribution in [1.29, 1.82) is 10.5 Å². The predicted octanol–water partition coefficient (Wildman–Crippen LogP) is 2.33. The fourth-order valence-corrected chi connectivity index (χ4v) is 0.901. The third kappa shape index (κ3) is 2.89. The Bertz CT molecular complexity index is 454. The zero-order valence-corrected chi connectivity index (χ0v) is 7.17. The Morgan fingerprint density at radius 3 is 2.27 bits per heavy atom. The highest BCUT2D eigenvalue weighted by Crippen LogP contribution is 2.26. The van der Waals surface area contributed by atoms with Gasteiger partial charge in [0.2, 0.25) is 0 Å². The number of rotatable bonds is 1. The van der Waals surface area contributed by atoms with Gasteiger partial charge in [0.15, 0.2) is 0 Å². The number of nitrogens with zero attached hydrogens (tertiary/aromatic N) is 2. The number of alkyl halides is 3. The van der Waals surface area contributed by atoms with Crippen molar-refractivity contribution in [2.75, 3.05) is 0 Å². The van der Waals surface area contributed by atoms with Gasteiger partial charge in [-0.15, -0.1) is 13.2 Å². The van der Waals surface area contributed by atoms with Crippen molar-refractivity contribution in [3.8, 4) is 17.9 Å². The molecule has 0 heterocycles. The molecule has 0 saturated carbocycles. The van der Waals surface area contributed by atoms with Crippen molar-refractivity contribution in [1.82, 2.24) is 0 Å². The van der Waals surface area contributed by atoms with Gasteiger partial charge in [-0.2, -0.15) is 10.5 Å². The molecular weight excluding hydrogens is 209 g/mol. The average molecular weight is 212 g/mol. The molecule has 15 heavy (non-hydrogen) atoms. The van der Waals surface area contributed by atoms with Gasteiger partial charge in [-0.1, -0.05) is 0 Å². The number of hydrogen-bond acceptors (Lipinski definition) is 3. The molecule has 0 amide bonds. The molecule has 0 aliphatic carbocycles. The first-order valence-electron chi connectivity index (χ1n) is 3.66. The molecule has 0 aliphatic rings. The average Bonchev–Trinajstić information content (AvgIpc) is 2.16. The van der Waals surface area contributed by atoms with Gasteiger partial charge < -0.3 is 4.74 Å². The molecule has 0 radical (unpaired) electrons. The van der Waals surface area contributed by atoms with Gasteiger partial charge in [0.05, 0.1) is 17.2 Å².